The molecule has 6 bridgehead atoms. The number of anilines is 1. The van der Waals surface area contributed by atoms with Gasteiger partial charge in [-0.3, -0.25) is 0 Å². The zero-order valence-electron chi connectivity index (χ0n) is 30.7. The molecule has 0 radical (unpaired) electrons. The van der Waals surface area contributed by atoms with Crippen LogP contribution in [0.25, 0.3) is 28.0 Å². The van der Waals surface area contributed by atoms with Gasteiger partial charge in [-0.2, -0.15) is 9.61 Å². The van der Waals surface area contributed by atoms with E-state index in [0.717, 1.165) is 79.1 Å². The molecule has 0 amide bonds. The van der Waals surface area contributed by atoms with Gasteiger partial charge in [0, 0.05) is 42.6 Å². The van der Waals surface area contributed by atoms with Gasteiger partial charge < -0.3 is 23.8 Å². The van der Waals surface area contributed by atoms with Gasteiger partial charge in [0.25, 0.3) is 0 Å². The lowest BCUT2D eigenvalue weighted by Crippen LogP contribution is -2.46. The maximum atomic E-state index is 13.4. The molecule has 1 saturated heterocycles. The highest BCUT2D eigenvalue weighted by Crippen LogP contribution is 2.40. The monoisotopic (exact) mass is 668 g/mol. The molecule has 262 valence electrons. The van der Waals surface area contributed by atoms with Crippen molar-refractivity contribution in [1.29, 1.82) is 0 Å². The third kappa shape index (κ3) is 7.48. The first-order chi connectivity index (χ1) is 23.2. The van der Waals surface area contributed by atoms with E-state index in [1.165, 1.54) is 18.2 Å². The van der Waals surface area contributed by atoms with E-state index in [0.29, 0.717) is 23.5 Å². The van der Waals surface area contributed by atoms with Crippen LogP contribution in [0.3, 0.4) is 0 Å². The summed E-state index contributed by atoms with van der Waals surface area (Å²) in [6, 6.07) is 14.9. The van der Waals surface area contributed by atoms with Gasteiger partial charge in [-0.1, -0.05) is 18.2 Å². The number of rotatable bonds is 3. The number of hydrogen-bond acceptors (Lipinski definition) is 8. The zero-order valence-corrected chi connectivity index (χ0v) is 30.7. The van der Waals surface area contributed by atoms with Gasteiger partial charge in [0.2, 0.25) is 0 Å². The Morgan fingerprint density at radius 3 is 2.45 bits per heavy atom. The second-order valence-corrected chi connectivity index (χ2v) is 15.1. The maximum absolute atomic E-state index is 13.4. The summed E-state index contributed by atoms with van der Waals surface area (Å²) in [5.74, 6) is 1.23. The van der Waals surface area contributed by atoms with Crippen LogP contribution in [0.15, 0.2) is 42.5 Å². The van der Waals surface area contributed by atoms with Gasteiger partial charge in [0.1, 0.15) is 11.6 Å². The molecule has 2 aromatic carbocycles. The van der Waals surface area contributed by atoms with Crippen molar-refractivity contribution >= 4 is 17.4 Å². The van der Waals surface area contributed by atoms with Crippen LogP contribution in [0.1, 0.15) is 95.2 Å². The summed E-state index contributed by atoms with van der Waals surface area (Å²) in [7, 11) is 1.40. The molecule has 0 N–H and O–H groups in total. The molecular weight excluding hydrogens is 616 g/mol. The van der Waals surface area contributed by atoms with Gasteiger partial charge in [0.05, 0.1) is 35.7 Å². The highest BCUT2D eigenvalue weighted by atomic mass is 16.6. The molecular formula is C40H52N4O5. The number of benzene rings is 2. The van der Waals surface area contributed by atoms with Crippen LogP contribution < -0.4 is 9.64 Å². The minimum atomic E-state index is -0.978. The molecule has 2 aromatic heterocycles. The van der Waals surface area contributed by atoms with Crippen LogP contribution >= 0.6 is 0 Å². The number of ether oxygens (including phenoxy) is 4. The number of aromatic nitrogens is 3. The average Bonchev–Trinajstić information content (AvgIpc) is 3.47. The van der Waals surface area contributed by atoms with Crippen LogP contribution in [-0.4, -0.2) is 64.7 Å². The molecule has 49 heavy (non-hydrogen) atoms. The van der Waals surface area contributed by atoms with Crippen molar-refractivity contribution in [3.63, 3.8) is 0 Å². The highest BCUT2D eigenvalue weighted by molar-refractivity contribution is 5.81. The number of hydrogen-bond donors (Lipinski definition) is 0. The molecule has 4 aromatic rings. The second-order valence-electron chi connectivity index (χ2n) is 15.1. The summed E-state index contributed by atoms with van der Waals surface area (Å²) in [4.78, 5) is 20.8. The van der Waals surface area contributed by atoms with Crippen molar-refractivity contribution in [3.05, 3.63) is 64.8 Å². The van der Waals surface area contributed by atoms with Crippen molar-refractivity contribution in [2.75, 3.05) is 31.7 Å². The first-order valence-electron chi connectivity index (χ1n) is 17.7. The molecule has 0 aliphatic carbocycles. The highest BCUT2D eigenvalue weighted by Gasteiger charge is 2.38. The predicted molar refractivity (Wildman–Crippen MR) is 193 cm³/mol. The maximum Gasteiger partial charge on any atom is 0.339 e. The molecule has 3 aliphatic heterocycles. The van der Waals surface area contributed by atoms with Crippen LogP contribution in [0.4, 0.5) is 5.82 Å². The Bertz CT molecular complexity index is 1830. The van der Waals surface area contributed by atoms with Crippen molar-refractivity contribution in [2.45, 2.75) is 111 Å². The molecule has 7 rings (SSSR count). The average molecular weight is 669 g/mol. The largest absolute Gasteiger partial charge is 0.490 e. The Morgan fingerprint density at radius 1 is 1.02 bits per heavy atom. The minimum absolute atomic E-state index is 0.0740. The summed E-state index contributed by atoms with van der Waals surface area (Å²) in [5, 5.41) is 5.20. The molecule has 3 aliphatic rings. The van der Waals surface area contributed by atoms with Gasteiger partial charge in [0.15, 0.2) is 11.8 Å². The fourth-order valence-corrected chi connectivity index (χ4v) is 6.98. The molecule has 9 nitrogen and oxygen atoms in total. The Balaban J connectivity index is 1.55. The number of esters is 1. The van der Waals surface area contributed by atoms with Gasteiger partial charge >= 0.3 is 5.97 Å². The lowest BCUT2D eigenvalue weighted by Gasteiger charge is -2.41. The summed E-state index contributed by atoms with van der Waals surface area (Å²) in [5.41, 5.74) is 7.53. The van der Waals surface area contributed by atoms with Crippen molar-refractivity contribution in [2.24, 2.45) is 0 Å². The summed E-state index contributed by atoms with van der Waals surface area (Å²) in [6.07, 6.45) is 3.73. The van der Waals surface area contributed by atoms with E-state index in [4.69, 9.17) is 29.0 Å². The van der Waals surface area contributed by atoms with Crippen molar-refractivity contribution in [1.82, 2.24) is 14.6 Å². The molecule has 2 unspecified atom stereocenters. The van der Waals surface area contributed by atoms with Gasteiger partial charge in [-0.15, -0.1) is 0 Å². The quantitative estimate of drug-likeness (QED) is 0.201. The molecule has 5 heterocycles. The molecule has 2 atom stereocenters. The molecule has 1 fully saturated rings. The number of nitrogens with zero attached hydrogens (tertiary/aromatic N) is 4. The number of methoxy groups -OCH3 is 1. The SMILES string of the molecule is COC(=O)C(OC(C)(C)C)c1c(C)nc2cc3nn2c1N1CCC(C)(CC1)OCCCCC(C)Oc1cc(C)c(C)cc1-c1cccc-3c1. The van der Waals surface area contributed by atoms with E-state index in [-0.39, 0.29) is 11.7 Å². The molecule has 0 saturated carbocycles. The third-order valence-corrected chi connectivity index (χ3v) is 9.92. The van der Waals surface area contributed by atoms with Crippen LogP contribution in [-0.2, 0) is 19.0 Å². The van der Waals surface area contributed by atoms with E-state index < -0.39 is 17.7 Å². The number of piperidine rings is 1. The van der Waals surface area contributed by atoms with Crippen LogP contribution in [0.5, 0.6) is 5.75 Å². The number of aryl methyl sites for hydroxylation is 3. The standard InChI is InChI=1S/C40H52N4O5/c1-25-21-31-29-14-12-15-30(23-29)32-24-34-41-28(4)35(36(38(45)46-9)49-39(5,6)7)37(44(34)42-32)43-18-16-40(8,17-19-43)47-20-11-10-13-27(3)48-33(31)22-26(25)2/h12,14-15,21-24,27,36H,10-11,13,16-20H2,1-9H3. The Hall–Kier alpha value is -3.95. The fraction of sp³-hybridized carbons (Fsp3) is 0.525. The van der Waals surface area contributed by atoms with E-state index in [9.17, 15) is 4.79 Å². The molecule has 9 heteroatoms. The Kier molecular flexibility index (Phi) is 9.79. The van der Waals surface area contributed by atoms with Crippen molar-refractivity contribution < 1.29 is 23.7 Å². The van der Waals surface area contributed by atoms with E-state index in [2.05, 4.69) is 69.0 Å². The number of carbonyl (C=O) groups excluding carboxylic acids is 1. The lowest BCUT2D eigenvalue weighted by atomic mass is 9.92. The first kappa shape index (κ1) is 34.9. The zero-order chi connectivity index (χ0) is 35.1. The normalized spacial score (nSPS) is 20.9. The number of carbonyl (C=O) groups is 1. The molecule has 0 spiro atoms. The minimum Gasteiger partial charge on any atom is -0.490 e. The topological polar surface area (TPSA) is 87.4 Å². The summed E-state index contributed by atoms with van der Waals surface area (Å²) < 4.78 is 26.8. The second kappa shape index (κ2) is 13.8. The van der Waals surface area contributed by atoms with Gasteiger partial charge in [-0.05, 0) is 122 Å². The number of fused-ring (bicyclic) bond motifs is 8. The Morgan fingerprint density at radius 2 is 1.73 bits per heavy atom. The fourth-order valence-electron chi connectivity index (χ4n) is 6.98. The smallest absolute Gasteiger partial charge is 0.339 e. The van der Waals surface area contributed by atoms with E-state index >= 15 is 0 Å². The Labute approximate surface area is 290 Å². The van der Waals surface area contributed by atoms with Crippen LogP contribution in [0, 0.1) is 20.8 Å². The lowest BCUT2D eigenvalue weighted by molar-refractivity contribution is -0.164. The van der Waals surface area contributed by atoms with Crippen LogP contribution in [0.2, 0.25) is 0 Å². The summed E-state index contributed by atoms with van der Waals surface area (Å²) >= 11 is 0. The third-order valence-electron chi connectivity index (χ3n) is 9.92. The summed E-state index contributed by atoms with van der Waals surface area (Å²) in [6.45, 7) is 18.6. The predicted octanol–water partition coefficient (Wildman–Crippen LogP) is 8.34. The van der Waals surface area contributed by atoms with E-state index in [1.807, 2.05) is 38.3 Å². The van der Waals surface area contributed by atoms with Crippen molar-refractivity contribution in [3.8, 4) is 28.1 Å². The van der Waals surface area contributed by atoms with Gasteiger partial charge in [-0.25, -0.2) is 9.78 Å². The first-order valence-corrected chi connectivity index (χ1v) is 17.7. The van der Waals surface area contributed by atoms with E-state index in [1.54, 1.807) is 0 Å².